The Morgan fingerprint density at radius 3 is 2.50 bits per heavy atom. The highest BCUT2D eigenvalue weighted by Gasteiger charge is 2.54. The second kappa shape index (κ2) is 7.75. The van der Waals surface area contributed by atoms with Crippen molar-refractivity contribution >= 4 is 11.6 Å². The van der Waals surface area contributed by atoms with Crippen LogP contribution in [0.2, 0.25) is 0 Å². The predicted octanol–water partition coefficient (Wildman–Crippen LogP) is 4.81. The molecule has 32 heavy (non-hydrogen) atoms. The van der Waals surface area contributed by atoms with Crippen molar-refractivity contribution in [1.29, 1.82) is 5.26 Å². The van der Waals surface area contributed by atoms with Crippen molar-refractivity contribution in [3.8, 4) is 11.8 Å². The first-order valence-corrected chi connectivity index (χ1v) is 9.96. The van der Waals surface area contributed by atoms with Gasteiger partial charge in [-0.2, -0.15) is 5.26 Å². The summed E-state index contributed by atoms with van der Waals surface area (Å²) in [5.41, 5.74) is 1.98. The largest absolute Gasteiger partial charge is 0.573 e. The molecule has 1 saturated heterocycles. The minimum atomic E-state index is -4.79. The first-order chi connectivity index (χ1) is 15.1. The Morgan fingerprint density at radius 1 is 1.19 bits per heavy atom. The lowest BCUT2D eigenvalue weighted by Gasteiger charge is -2.57. The van der Waals surface area contributed by atoms with Gasteiger partial charge in [0, 0.05) is 11.4 Å². The van der Waals surface area contributed by atoms with Gasteiger partial charge in [0.05, 0.1) is 17.2 Å². The van der Waals surface area contributed by atoms with Crippen LogP contribution in [0.4, 0.5) is 18.9 Å². The Labute approximate surface area is 183 Å². The predicted molar refractivity (Wildman–Crippen MR) is 112 cm³/mol. The van der Waals surface area contributed by atoms with E-state index in [0.29, 0.717) is 29.8 Å². The maximum atomic E-state index is 13.1. The summed E-state index contributed by atoms with van der Waals surface area (Å²) in [6, 6.07) is 14.7. The van der Waals surface area contributed by atoms with Crippen molar-refractivity contribution in [3.63, 3.8) is 0 Å². The van der Waals surface area contributed by atoms with Gasteiger partial charge in [0.15, 0.2) is 0 Å². The number of rotatable bonds is 4. The lowest BCUT2D eigenvalue weighted by atomic mass is 9.69. The fraction of sp³-hybridized carbons (Fsp3) is 0.250. The maximum Gasteiger partial charge on any atom is 0.573 e. The van der Waals surface area contributed by atoms with Crippen LogP contribution in [-0.2, 0) is 11.2 Å². The van der Waals surface area contributed by atoms with Crippen molar-refractivity contribution < 1.29 is 22.7 Å². The minimum Gasteiger partial charge on any atom is -0.406 e. The lowest BCUT2D eigenvalue weighted by Crippen LogP contribution is -2.71. The zero-order valence-electron chi connectivity index (χ0n) is 17.1. The molecule has 4 rings (SSSR count). The third kappa shape index (κ3) is 4.06. The topological polar surface area (TPSA) is 65.4 Å². The van der Waals surface area contributed by atoms with E-state index in [9.17, 15) is 18.0 Å². The molecule has 2 fully saturated rings. The first kappa shape index (κ1) is 21.5. The van der Waals surface area contributed by atoms with E-state index < -0.39 is 12.0 Å². The fourth-order valence-corrected chi connectivity index (χ4v) is 4.46. The van der Waals surface area contributed by atoms with E-state index in [2.05, 4.69) is 29.3 Å². The molecule has 1 aliphatic carbocycles. The lowest BCUT2D eigenvalue weighted by molar-refractivity contribution is -0.274. The Balaban J connectivity index is 1.56. The molecule has 0 aromatic heterocycles. The van der Waals surface area contributed by atoms with Crippen molar-refractivity contribution in [2.45, 2.75) is 31.3 Å². The van der Waals surface area contributed by atoms with E-state index in [4.69, 9.17) is 5.26 Å². The smallest absolute Gasteiger partial charge is 0.406 e. The number of carbonyl (C=O) groups is 1. The molecule has 2 aromatic carbocycles. The molecule has 8 heteroatoms. The molecule has 1 saturated carbocycles. The van der Waals surface area contributed by atoms with Crippen LogP contribution in [0.5, 0.6) is 5.75 Å². The number of hydrogen-bond donors (Lipinski definition) is 1. The number of anilines is 1. The molecule has 164 valence electrons. The van der Waals surface area contributed by atoms with Crippen LogP contribution in [0.3, 0.4) is 0 Å². The highest BCUT2D eigenvalue weighted by molar-refractivity contribution is 6.10. The highest BCUT2D eigenvalue weighted by atomic mass is 19.4. The zero-order valence-corrected chi connectivity index (χ0v) is 17.1. The van der Waals surface area contributed by atoms with Gasteiger partial charge in [0.25, 0.3) is 5.91 Å². The number of nitrogens with one attached hydrogen (secondary N) is 1. The molecule has 2 aromatic rings. The summed E-state index contributed by atoms with van der Waals surface area (Å²) in [6.45, 7) is 7.69. The van der Waals surface area contributed by atoms with Gasteiger partial charge in [-0.15, -0.1) is 13.2 Å². The molecule has 5 nitrogen and oxygen atoms in total. The van der Waals surface area contributed by atoms with Crippen LogP contribution in [0.15, 0.2) is 73.0 Å². The van der Waals surface area contributed by atoms with Gasteiger partial charge < -0.3 is 10.1 Å². The molecule has 0 atom stereocenters. The minimum absolute atomic E-state index is 0.205. The SMILES string of the molecule is C=C1NC2(CC(Cc3cccc(C#N)c3)C2)N(c2ccc(OC(F)(F)F)cc2)C(=O)C1=C. The van der Waals surface area contributed by atoms with Crippen LogP contribution in [0.25, 0.3) is 0 Å². The molecule has 1 spiro atoms. The van der Waals surface area contributed by atoms with E-state index in [0.717, 1.165) is 12.0 Å². The summed E-state index contributed by atoms with van der Waals surface area (Å²) in [5, 5.41) is 12.4. The average Bonchev–Trinajstić information content (AvgIpc) is 2.71. The van der Waals surface area contributed by atoms with E-state index in [1.165, 1.54) is 24.3 Å². The van der Waals surface area contributed by atoms with Crippen LogP contribution in [-0.4, -0.2) is 17.9 Å². The Kier molecular flexibility index (Phi) is 5.21. The van der Waals surface area contributed by atoms with Crippen molar-refractivity contribution in [2.24, 2.45) is 5.92 Å². The Morgan fingerprint density at radius 2 is 1.88 bits per heavy atom. The molecule has 1 heterocycles. The van der Waals surface area contributed by atoms with Gasteiger partial charge in [-0.3, -0.25) is 9.69 Å². The third-order valence-corrected chi connectivity index (χ3v) is 5.80. The molecular weight excluding hydrogens is 419 g/mol. The number of halogens is 3. The Hall–Kier alpha value is -3.73. The summed E-state index contributed by atoms with van der Waals surface area (Å²) in [4.78, 5) is 14.6. The van der Waals surface area contributed by atoms with Crippen molar-refractivity contribution in [3.05, 3.63) is 84.1 Å². The fourth-order valence-electron chi connectivity index (χ4n) is 4.46. The van der Waals surface area contributed by atoms with Crippen molar-refractivity contribution in [2.75, 3.05) is 4.90 Å². The molecule has 1 N–H and O–H groups in total. The van der Waals surface area contributed by atoms with Gasteiger partial charge in [-0.05, 0) is 67.1 Å². The summed E-state index contributed by atoms with van der Waals surface area (Å²) >= 11 is 0. The van der Waals surface area contributed by atoms with Gasteiger partial charge in [-0.25, -0.2) is 0 Å². The quantitative estimate of drug-likeness (QED) is 0.695. The number of alkyl halides is 3. The van der Waals surface area contributed by atoms with Crippen LogP contribution in [0, 0.1) is 17.2 Å². The standard InChI is InChI=1S/C24H20F3N3O2/c1-15-16(2)29-23(12-19(13-23)11-17-4-3-5-18(10-17)14-28)30(22(15)31)20-6-8-21(9-7-20)32-24(25,26)27/h3-10,19,29H,1-2,11-13H2. The summed E-state index contributed by atoms with van der Waals surface area (Å²) in [6.07, 6.45) is -2.82. The van der Waals surface area contributed by atoms with E-state index in [1.807, 2.05) is 18.2 Å². The second-order valence-electron chi connectivity index (χ2n) is 8.09. The number of amides is 1. The van der Waals surface area contributed by atoms with Crippen molar-refractivity contribution in [1.82, 2.24) is 5.32 Å². The number of nitrogens with zero attached hydrogens (tertiary/aromatic N) is 2. The molecular formula is C24H20F3N3O2. The summed E-state index contributed by atoms with van der Waals surface area (Å²) < 4.78 is 41.4. The highest BCUT2D eigenvalue weighted by Crippen LogP contribution is 2.48. The first-order valence-electron chi connectivity index (χ1n) is 9.96. The van der Waals surface area contributed by atoms with Gasteiger partial charge >= 0.3 is 6.36 Å². The molecule has 0 radical (unpaired) electrons. The molecule has 1 amide bonds. The number of ether oxygens (including phenoxy) is 1. The van der Waals surface area contributed by atoms with E-state index in [1.54, 1.807) is 11.0 Å². The van der Waals surface area contributed by atoms with Gasteiger partial charge in [0.2, 0.25) is 0 Å². The van der Waals surface area contributed by atoms with Gasteiger partial charge in [-0.1, -0.05) is 25.3 Å². The third-order valence-electron chi connectivity index (χ3n) is 5.80. The number of hydrogen-bond acceptors (Lipinski definition) is 4. The summed E-state index contributed by atoms with van der Waals surface area (Å²) in [5.74, 6) is -0.457. The normalized spacial score (nSPS) is 22.9. The molecule has 1 aliphatic heterocycles. The molecule has 0 unspecified atom stereocenters. The van der Waals surface area contributed by atoms with Crippen LogP contribution < -0.4 is 15.0 Å². The van der Waals surface area contributed by atoms with Gasteiger partial charge in [0.1, 0.15) is 11.4 Å². The molecule has 2 aliphatic rings. The average molecular weight is 439 g/mol. The zero-order chi connectivity index (χ0) is 23.1. The number of nitriles is 1. The monoisotopic (exact) mass is 439 g/mol. The Bertz CT molecular complexity index is 1130. The second-order valence-corrected chi connectivity index (χ2v) is 8.09. The summed E-state index contributed by atoms with van der Waals surface area (Å²) in [7, 11) is 0. The van der Waals surface area contributed by atoms with Crippen LogP contribution in [0.1, 0.15) is 24.0 Å². The molecule has 0 bridgehead atoms. The van der Waals surface area contributed by atoms with Crippen LogP contribution >= 0.6 is 0 Å². The number of carbonyl (C=O) groups excluding carboxylic acids is 1. The van der Waals surface area contributed by atoms with E-state index >= 15 is 0 Å². The maximum absolute atomic E-state index is 13.1. The number of benzene rings is 2. The van der Waals surface area contributed by atoms with E-state index in [-0.39, 0.29) is 23.1 Å².